The first-order valence-electron chi connectivity index (χ1n) is 8.41. The molecule has 110 valence electrons. The van der Waals surface area contributed by atoms with Gasteiger partial charge >= 0.3 is 0 Å². The van der Waals surface area contributed by atoms with E-state index in [0.717, 1.165) is 24.3 Å². The predicted octanol–water partition coefficient (Wildman–Crippen LogP) is 3.29. The molecule has 0 aliphatic heterocycles. The fourth-order valence-corrected chi connectivity index (χ4v) is 6.04. The predicted molar refractivity (Wildman–Crippen MR) is 80.2 cm³/mol. The molecule has 0 spiro atoms. The van der Waals surface area contributed by atoms with E-state index in [1.807, 2.05) is 6.20 Å². The van der Waals surface area contributed by atoms with Crippen LogP contribution in [-0.2, 0) is 7.05 Å². The fourth-order valence-electron chi connectivity index (χ4n) is 6.04. The van der Waals surface area contributed by atoms with Crippen LogP contribution in [0.3, 0.4) is 0 Å². The lowest BCUT2D eigenvalue weighted by Crippen LogP contribution is -2.52. The minimum atomic E-state index is 0.508. The standard InChI is InChI=1S/C17H27N3/c1-3-18-16(15-4-5-19-20(15)2)17-9-12-6-13(10-17)8-14(7-12)11-17/h4-5,12-14,16,18H,3,6-11H2,1-2H3. The molecule has 1 unspecified atom stereocenters. The van der Waals surface area contributed by atoms with Crippen LogP contribution in [0.1, 0.15) is 57.2 Å². The second-order valence-corrected chi connectivity index (χ2v) is 7.65. The summed E-state index contributed by atoms with van der Waals surface area (Å²) >= 11 is 0. The number of aromatic nitrogens is 2. The van der Waals surface area contributed by atoms with Crippen molar-refractivity contribution in [3.8, 4) is 0 Å². The first kappa shape index (κ1) is 12.9. The lowest BCUT2D eigenvalue weighted by Gasteiger charge is -2.59. The molecule has 3 heteroatoms. The molecule has 0 saturated heterocycles. The Morgan fingerprint density at radius 2 is 1.85 bits per heavy atom. The van der Waals surface area contributed by atoms with Crippen molar-refractivity contribution in [3.63, 3.8) is 0 Å². The number of hydrogen-bond donors (Lipinski definition) is 1. The van der Waals surface area contributed by atoms with Crippen molar-refractivity contribution in [1.82, 2.24) is 15.1 Å². The largest absolute Gasteiger partial charge is 0.308 e. The minimum absolute atomic E-state index is 0.508. The van der Waals surface area contributed by atoms with Crippen LogP contribution in [-0.4, -0.2) is 16.3 Å². The molecular formula is C17H27N3. The maximum absolute atomic E-state index is 4.42. The number of rotatable bonds is 4. The van der Waals surface area contributed by atoms with Gasteiger partial charge in [-0.3, -0.25) is 4.68 Å². The van der Waals surface area contributed by atoms with Gasteiger partial charge in [-0.25, -0.2) is 0 Å². The summed E-state index contributed by atoms with van der Waals surface area (Å²) in [4.78, 5) is 0. The Kier molecular flexibility index (Phi) is 2.95. The molecule has 0 radical (unpaired) electrons. The minimum Gasteiger partial charge on any atom is -0.308 e. The lowest BCUT2D eigenvalue weighted by atomic mass is 9.47. The van der Waals surface area contributed by atoms with Crippen molar-refractivity contribution < 1.29 is 0 Å². The summed E-state index contributed by atoms with van der Waals surface area (Å²) in [5.41, 5.74) is 1.91. The van der Waals surface area contributed by atoms with Gasteiger partial charge in [-0.05, 0) is 74.3 Å². The Balaban J connectivity index is 1.71. The van der Waals surface area contributed by atoms with Crippen molar-refractivity contribution in [1.29, 1.82) is 0 Å². The molecule has 1 heterocycles. The van der Waals surface area contributed by atoms with Crippen molar-refractivity contribution in [3.05, 3.63) is 18.0 Å². The molecule has 3 nitrogen and oxygen atoms in total. The molecule has 4 fully saturated rings. The van der Waals surface area contributed by atoms with Gasteiger partial charge in [-0.2, -0.15) is 5.10 Å². The zero-order chi connectivity index (χ0) is 13.7. The first-order chi connectivity index (χ1) is 9.70. The van der Waals surface area contributed by atoms with Crippen LogP contribution in [0.5, 0.6) is 0 Å². The van der Waals surface area contributed by atoms with E-state index in [4.69, 9.17) is 0 Å². The van der Waals surface area contributed by atoms with Crippen molar-refractivity contribution in [2.45, 2.75) is 51.5 Å². The molecule has 1 N–H and O–H groups in total. The Morgan fingerprint density at radius 3 is 2.30 bits per heavy atom. The third kappa shape index (κ3) is 1.86. The summed E-state index contributed by atoms with van der Waals surface area (Å²) in [6, 6.07) is 2.74. The van der Waals surface area contributed by atoms with Gasteiger partial charge in [0.1, 0.15) is 0 Å². The van der Waals surface area contributed by atoms with Gasteiger partial charge in [0.2, 0.25) is 0 Å². The molecule has 0 amide bonds. The third-order valence-electron chi connectivity index (χ3n) is 6.26. The molecular weight excluding hydrogens is 246 g/mol. The number of nitrogens with one attached hydrogen (secondary N) is 1. The van der Waals surface area contributed by atoms with E-state index in [1.54, 1.807) is 0 Å². The zero-order valence-electron chi connectivity index (χ0n) is 12.8. The Morgan fingerprint density at radius 1 is 1.25 bits per heavy atom. The molecule has 4 aliphatic carbocycles. The van der Waals surface area contributed by atoms with E-state index in [2.05, 4.69) is 35.1 Å². The lowest BCUT2D eigenvalue weighted by molar-refractivity contribution is -0.0759. The highest BCUT2D eigenvalue weighted by atomic mass is 15.3. The monoisotopic (exact) mass is 273 g/mol. The van der Waals surface area contributed by atoms with E-state index in [9.17, 15) is 0 Å². The van der Waals surface area contributed by atoms with Crippen molar-refractivity contribution >= 4 is 0 Å². The normalized spacial score (nSPS) is 40.2. The van der Waals surface area contributed by atoms with Crippen LogP contribution < -0.4 is 5.32 Å². The molecule has 1 aromatic rings. The third-order valence-corrected chi connectivity index (χ3v) is 6.26. The van der Waals surface area contributed by atoms with E-state index < -0.39 is 0 Å². The molecule has 0 aromatic carbocycles. The molecule has 1 atom stereocenters. The molecule has 4 aliphatic rings. The molecule has 4 saturated carbocycles. The number of nitrogens with zero attached hydrogens (tertiary/aromatic N) is 2. The zero-order valence-corrected chi connectivity index (χ0v) is 12.8. The van der Waals surface area contributed by atoms with Crippen LogP contribution in [0.25, 0.3) is 0 Å². The molecule has 20 heavy (non-hydrogen) atoms. The SMILES string of the molecule is CCNC(c1ccnn1C)C12CC3CC(CC(C3)C1)C2. The molecule has 5 rings (SSSR count). The van der Waals surface area contributed by atoms with E-state index in [1.165, 1.54) is 44.2 Å². The second kappa shape index (κ2) is 4.59. The number of hydrogen-bond acceptors (Lipinski definition) is 2. The van der Waals surface area contributed by atoms with Gasteiger partial charge in [0.05, 0.1) is 11.7 Å². The van der Waals surface area contributed by atoms with Crippen LogP contribution in [0.2, 0.25) is 0 Å². The van der Waals surface area contributed by atoms with Gasteiger partial charge in [0.15, 0.2) is 0 Å². The summed E-state index contributed by atoms with van der Waals surface area (Å²) in [6.45, 7) is 3.29. The highest BCUT2D eigenvalue weighted by molar-refractivity contribution is 5.16. The maximum Gasteiger partial charge on any atom is 0.0555 e. The maximum atomic E-state index is 4.42. The van der Waals surface area contributed by atoms with E-state index in [-0.39, 0.29) is 0 Å². The van der Waals surface area contributed by atoms with Gasteiger partial charge in [-0.1, -0.05) is 6.92 Å². The van der Waals surface area contributed by atoms with Crippen molar-refractivity contribution in [2.24, 2.45) is 30.2 Å². The Bertz CT molecular complexity index is 455. The smallest absolute Gasteiger partial charge is 0.0555 e. The second-order valence-electron chi connectivity index (χ2n) is 7.65. The molecule has 4 bridgehead atoms. The van der Waals surface area contributed by atoms with Gasteiger partial charge in [0, 0.05) is 13.2 Å². The highest BCUT2D eigenvalue weighted by Gasteiger charge is 2.54. The average Bonchev–Trinajstić information content (AvgIpc) is 2.80. The fraction of sp³-hybridized carbons (Fsp3) is 0.824. The summed E-state index contributed by atoms with van der Waals surface area (Å²) < 4.78 is 2.09. The van der Waals surface area contributed by atoms with Crippen molar-refractivity contribution in [2.75, 3.05) is 6.54 Å². The van der Waals surface area contributed by atoms with Gasteiger partial charge < -0.3 is 5.32 Å². The van der Waals surface area contributed by atoms with E-state index in [0.29, 0.717) is 11.5 Å². The Labute approximate surface area is 122 Å². The first-order valence-corrected chi connectivity index (χ1v) is 8.41. The van der Waals surface area contributed by atoms with Crippen LogP contribution in [0, 0.1) is 23.2 Å². The highest BCUT2D eigenvalue weighted by Crippen LogP contribution is 2.63. The summed E-state index contributed by atoms with van der Waals surface area (Å²) in [7, 11) is 2.10. The van der Waals surface area contributed by atoms with Crippen LogP contribution in [0.4, 0.5) is 0 Å². The quantitative estimate of drug-likeness (QED) is 0.912. The molecule has 1 aromatic heterocycles. The van der Waals surface area contributed by atoms with Crippen LogP contribution >= 0.6 is 0 Å². The topological polar surface area (TPSA) is 29.9 Å². The van der Waals surface area contributed by atoms with Gasteiger partial charge in [-0.15, -0.1) is 0 Å². The number of aryl methyl sites for hydroxylation is 1. The van der Waals surface area contributed by atoms with E-state index >= 15 is 0 Å². The average molecular weight is 273 g/mol. The summed E-state index contributed by atoms with van der Waals surface area (Å²) in [6.07, 6.45) is 10.8. The summed E-state index contributed by atoms with van der Waals surface area (Å²) in [5.74, 6) is 3.03. The Hall–Kier alpha value is -0.830. The van der Waals surface area contributed by atoms with Gasteiger partial charge in [0.25, 0.3) is 0 Å². The summed E-state index contributed by atoms with van der Waals surface area (Å²) in [5, 5.41) is 8.25. The van der Waals surface area contributed by atoms with Crippen LogP contribution in [0.15, 0.2) is 12.3 Å².